The van der Waals surface area contributed by atoms with Gasteiger partial charge in [-0.3, -0.25) is 14.4 Å². The van der Waals surface area contributed by atoms with Crippen LogP contribution in [-0.2, 0) is 0 Å². The number of amides is 1. The summed E-state index contributed by atoms with van der Waals surface area (Å²) in [6, 6.07) is 2.96. The normalized spacial score (nSPS) is 13.1. The van der Waals surface area contributed by atoms with Gasteiger partial charge in [0.25, 0.3) is 16.8 Å². The number of phenolic OH excluding ortho intramolecular Hbond substituents is 1. The van der Waals surface area contributed by atoms with Crippen molar-refractivity contribution in [3.8, 4) is 5.75 Å². The van der Waals surface area contributed by atoms with Gasteiger partial charge in [0, 0.05) is 14.1 Å². The number of carbonyl (C=O) groups is 1. The third-order valence-corrected chi connectivity index (χ3v) is 4.92. The molecule has 3 rings (SSSR count). The van der Waals surface area contributed by atoms with Gasteiger partial charge in [-0.2, -0.15) is 22.0 Å². The minimum atomic E-state index is -6.02. The maximum absolute atomic E-state index is 14.3. The molecule has 0 saturated carbocycles. The lowest BCUT2D eigenvalue weighted by Crippen LogP contribution is -2.47. The molecule has 0 aliphatic rings. The monoisotopic (exact) mass is 487 g/mol. The van der Waals surface area contributed by atoms with Crippen LogP contribution in [0.2, 0.25) is 0 Å². The predicted octanol–water partition coefficient (Wildman–Crippen LogP) is 3.69. The smallest absolute Gasteiger partial charge is 0.456 e. The van der Waals surface area contributed by atoms with Crippen LogP contribution < -0.4 is 21.5 Å². The largest absolute Gasteiger partial charge is 0.505 e. The first kappa shape index (κ1) is 24.7. The lowest BCUT2D eigenvalue weighted by atomic mass is 10.0. The molecule has 2 aromatic carbocycles. The van der Waals surface area contributed by atoms with Crippen molar-refractivity contribution < 1.29 is 36.3 Å². The van der Waals surface area contributed by atoms with E-state index in [0.717, 1.165) is 17.0 Å². The summed E-state index contributed by atoms with van der Waals surface area (Å²) in [6.07, 6.45) is -6.02. The minimum absolute atomic E-state index is 0.0374. The number of furan rings is 1. The Kier molecular flexibility index (Phi) is 6.16. The Morgan fingerprint density at radius 2 is 1.65 bits per heavy atom. The predicted molar refractivity (Wildman–Crippen MR) is 112 cm³/mol. The number of alkyl halides is 5. The van der Waals surface area contributed by atoms with E-state index < -0.39 is 57.8 Å². The molecular weight excluding hydrogens is 469 g/mol. The number of rotatable bonds is 7. The first-order valence-corrected chi connectivity index (χ1v) is 9.58. The molecule has 0 radical (unpaired) electrons. The van der Waals surface area contributed by atoms with Crippen molar-refractivity contribution in [3.63, 3.8) is 0 Å². The zero-order chi connectivity index (χ0) is 25.6. The second kappa shape index (κ2) is 8.47. The van der Waals surface area contributed by atoms with Gasteiger partial charge in [0.15, 0.2) is 11.8 Å². The molecule has 13 heteroatoms. The van der Waals surface area contributed by atoms with E-state index in [-0.39, 0.29) is 17.0 Å². The number of phenols is 1. The van der Waals surface area contributed by atoms with E-state index in [0.29, 0.717) is 0 Å². The molecule has 182 valence electrons. The highest BCUT2D eigenvalue weighted by molar-refractivity contribution is 5.99. The zero-order valence-corrected chi connectivity index (χ0v) is 17.9. The van der Waals surface area contributed by atoms with Gasteiger partial charge >= 0.3 is 12.1 Å². The van der Waals surface area contributed by atoms with Crippen molar-refractivity contribution in [3.05, 3.63) is 67.9 Å². The number of nitrogens with one attached hydrogen (secondary N) is 2. The van der Waals surface area contributed by atoms with Crippen LogP contribution in [-0.4, -0.2) is 42.1 Å². The van der Waals surface area contributed by atoms with Crippen molar-refractivity contribution in [1.29, 1.82) is 0 Å². The van der Waals surface area contributed by atoms with Crippen molar-refractivity contribution in [2.75, 3.05) is 24.7 Å². The second-order valence-electron chi connectivity index (χ2n) is 7.58. The zero-order valence-electron chi connectivity index (χ0n) is 17.9. The van der Waals surface area contributed by atoms with Gasteiger partial charge in [-0.25, -0.2) is 0 Å². The van der Waals surface area contributed by atoms with Crippen LogP contribution in [0.4, 0.5) is 39.0 Å². The highest BCUT2D eigenvalue weighted by atomic mass is 19.4. The van der Waals surface area contributed by atoms with Crippen LogP contribution >= 0.6 is 0 Å². The highest BCUT2D eigenvalue weighted by Crippen LogP contribution is 2.46. The number of nitrogens with zero attached hydrogens (tertiary/aromatic N) is 1. The van der Waals surface area contributed by atoms with Crippen LogP contribution in [0.1, 0.15) is 27.9 Å². The molecule has 0 aliphatic carbocycles. The molecule has 0 aliphatic heterocycles. The number of aromatic hydroxyl groups is 1. The Morgan fingerprint density at radius 1 is 1.03 bits per heavy atom. The maximum Gasteiger partial charge on any atom is 0.456 e. The van der Waals surface area contributed by atoms with Gasteiger partial charge in [0.1, 0.15) is 22.9 Å². The lowest BCUT2D eigenvalue weighted by Gasteiger charge is -2.29. The number of carbonyl (C=O) groups excluding carboxylic acids is 1. The van der Waals surface area contributed by atoms with E-state index in [4.69, 9.17) is 4.42 Å². The van der Waals surface area contributed by atoms with Gasteiger partial charge in [-0.15, -0.1) is 0 Å². The molecule has 0 spiro atoms. The molecular formula is C21H18F5N3O5. The van der Waals surface area contributed by atoms with E-state index in [1.54, 1.807) is 5.32 Å². The van der Waals surface area contributed by atoms with E-state index in [9.17, 15) is 41.4 Å². The van der Waals surface area contributed by atoms with Crippen LogP contribution in [0.25, 0.3) is 0 Å². The summed E-state index contributed by atoms with van der Waals surface area (Å²) < 4.78 is 72.9. The summed E-state index contributed by atoms with van der Waals surface area (Å²) in [6.45, 7) is 1.32. The fraction of sp³-hybridized carbons (Fsp3) is 0.286. The van der Waals surface area contributed by atoms with Gasteiger partial charge < -0.3 is 25.1 Å². The van der Waals surface area contributed by atoms with Gasteiger partial charge in [-0.05, 0) is 31.2 Å². The first-order chi connectivity index (χ1) is 15.7. The summed E-state index contributed by atoms with van der Waals surface area (Å²) in [5.41, 5.74) is -4.55. The summed E-state index contributed by atoms with van der Waals surface area (Å²) >= 11 is 0. The molecule has 1 amide bonds. The highest BCUT2D eigenvalue weighted by Gasteiger charge is 2.64. The molecule has 1 atom stereocenters. The molecule has 0 saturated heterocycles. The number of benzene rings is 1. The van der Waals surface area contributed by atoms with Gasteiger partial charge in [-0.1, -0.05) is 6.07 Å². The molecule has 0 unspecified atom stereocenters. The quantitative estimate of drug-likeness (QED) is 0.265. The topological polar surface area (TPSA) is 112 Å². The van der Waals surface area contributed by atoms with Crippen molar-refractivity contribution in [1.82, 2.24) is 4.90 Å². The SMILES string of the molecule is Cc1ccc([C@H](Nc2c(Nc3cccc(C(=O)N(C)C)c3O)c(=O)c2=O)C(F)(F)C(F)(F)F)o1. The van der Waals surface area contributed by atoms with Gasteiger partial charge in [0.2, 0.25) is 0 Å². The Bertz CT molecular complexity index is 1310. The standard InChI is InChI=1S/C21H18F5N3O5/c1-9-7-8-12(34-9)18(20(22,23)21(24,25)26)28-14-13(16(31)17(14)32)27-11-6-4-5-10(15(11)30)19(33)29(2)3/h4-8,18,27-28,30H,1-3H3/t18-/m0/s1. The number of hydrogen-bond donors (Lipinski definition) is 3. The van der Waals surface area contributed by atoms with E-state index in [1.165, 1.54) is 39.2 Å². The Morgan fingerprint density at radius 3 is 2.18 bits per heavy atom. The fourth-order valence-corrected chi connectivity index (χ4v) is 3.10. The Labute approximate surface area is 188 Å². The summed E-state index contributed by atoms with van der Waals surface area (Å²) in [5.74, 6) is -7.41. The number of halogens is 5. The van der Waals surface area contributed by atoms with Crippen molar-refractivity contribution in [2.45, 2.75) is 25.1 Å². The minimum Gasteiger partial charge on any atom is -0.505 e. The van der Waals surface area contributed by atoms with Crippen LogP contribution in [0, 0.1) is 6.92 Å². The summed E-state index contributed by atoms with van der Waals surface area (Å²) in [7, 11) is 2.83. The van der Waals surface area contributed by atoms with E-state index in [2.05, 4.69) is 5.32 Å². The number of aryl methyl sites for hydroxylation is 1. The average Bonchev–Trinajstić information content (AvgIpc) is 3.17. The molecule has 1 aromatic heterocycles. The summed E-state index contributed by atoms with van der Waals surface area (Å²) in [5, 5.41) is 14.5. The molecule has 8 nitrogen and oxygen atoms in total. The van der Waals surface area contributed by atoms with Crippen LogP contribution in [0.15, 0.2) is 44.3 Å². The molecule has 1 heterocycles. The Balaban J connectivity index is 2.02. The van der Waals surface area contributed by atoms with Gasteiger partial charge in [0.05, 0.1) is 11.3 Å². The molecule has 0 fully saturated rings. The Hall–Kier alpha value is -3.90. The third kappa shape index (κ3) is 4.20. The van der Waals surface area contributed by atoms with Crippen molar-refractivity contribution >= 4 is 23.0 Å². The van der Waals surface area contributed by atoms with Crippen LogP contribution in [0.3, 0.4) is 0 Å². The number of hydrogen-bond acceptors (Lipinski definition) is 7. The van der Waals surface area contributed by atoms with E-state index >= 15 is 0 Å². The molecule has 3 N–H and O–H groups in total. The number of para-hydroxylation sites is 1. The second-order valence-corrected chi connectivity index (χ2v) is 7.58. The van der Waals surface area contributed by atoms with Crippen molar-refractivity contribution in [2.24, 2.45) is 0 Å². The molecule has 0 bridgehead atoms. The average molecular weight is 487 g/mol. The first-order valence-electron chi connectivity index (χ1n) is 9.58. The maximum atomic E-state index is 14.3. The van der Waals surface area contributed by atoms with Crippen LogP contribution in [0.5, 0.6) is 5.75 Å². The summed E-state index contributed by atoms with van der Waals surface area (Å²) in [4.78, 5) is 37.5. The molecule has 34 heavy (non-hydrogen) atoms. The fourth-order valence-electron chi connectivity index (χ4n) is 3.10. The third-order valence-electron chi connectivity index (χ3n) is 4.92. The number of anilines is 3. The lowest BCUT2D eigenvalue weighted by molar-refractivity contribution is -0.290. The van der Waals surface area contributed by atoms with E-state index in [1.807, 2.05) is 0 Å². The molecule has 3 aromatic rings.